The van der Waals surface area contributed by atoms with Crippen LogP contribution in [-0.2, 0) is 5.60 Å². The van der Waals surface area contributed by atoms with Crippen molar-refractivity contribution < 1.29 is 9.50 Å². The van der Waals surface area contributed by atoms with Crippen LogP contribution in [0.4, 0.5) is 4.39 Å². The minimum atomic E-state index is -1.03. The Hall–Kier alpha value is -0.450. The minimum absolute atomic E-state index is 0.325. The van der Waals surface area contributed by atoms with Gasteiger partial charge >= 0.3 is 0 Å². The van der Waals surface area contributed by atoms with E-state index in [9.17, 15) is 9.50 Å². The van der Waals surface area contributed by atoms with Gasteiger partial charge in [-0.2, -0.15) is 0 Å². The van der Waals surface area contributed by atoms with Crippen LogP contribution in [0.1, 0.15) is 38.2 Å². The number of hydrogen-bond donors (Lipinski definition) is 1. The average molecular weight is 330 g/mol. The van der Waals surface area contributed by atoms with Gasteiger partial charge in [0.25, 0.3) is 0 Å². The molecule has 1 aliphatic heterocycles. The summed E-state index contributed by atoms with van der Waals surface area (Å²) in [6, 6.07) is 5.16. The third kappa shape index (κ3) is 3.36. The number of nitrogens with zero attached hydrogens (tertiary/aromatic N) is 1. The van der Waals surface area contributed by atoms with Gasteiger partial charge < -0.3 is 10.0 Å². The van der Waals surface area contributed by atoms with Crippen molar-refractivity contribution in [3.63, 3.8) is 0 Å². The summed E-state index contributed by atoms with van der Waals surface area (Å²) in [5, 5.41) is 10.8. The Balaban J connectivity index is 2.20. The van der Waals surface area contributed by atoms with E-state index in [0.717, 1.165) is 32.5 Å². The monoisotopic (exact) mass is 329 g/mol. The van der Waals surface area contributed by atoms with E-state index in [1.54, 1.807) is 18.2 Å². The first kappa shape index (κ1) is 14.9. The SMILES string of the molecule is CCCN1CCCC(O)(c2cccc(Br)c2F)CC1. The molecule has 0 bridgehead atoms. The lowest BCUT2D eigenvalue weighted by Gasteiger charge is -2.28. The first-order valence-corrected chi connectivity index (χ1v) is 7.75. The Kier molecular flexibility index (Phi) is 4.98. The molecule has 1 aromatic carbocycles. The Bertz CT molecular complexity index is 440. The van der Waals surface area contributed by atoms with Crippen molar-refractivity contribution in [2.75, 3.05) is 19.6 Å². The third-order valence-corrected chi connectivity index (χ3v) is 4.51. The molecule has 0 spiro atoms. The minimum Gasteiger partial charge on any atom is -0.385 e. The van der Waals surface area contributed by atoms with Crippen molar-refractivity contribution in [3.8, 4) is 0 Å². The summed E-state index contributed by atoms with van der Waals surface area (Å²) >= 11 is 3.20. The van der Waals surface area contributed by atoms with Crippen LogP contribution in [0.25, 0.3) is 0 Å². The Labute approximate surface area is 122 Å². The fourth-order valence-corrected chi connectivity index (χ4v) is 3.21. The molecule has 19 heavy (non-hydrogen) atoms. The molecule has 2 nitrogen and oxygen atoms in total. The van der Waals surface area contributed by atoms with Gasteiger partial charge in [-0.15, -0.1) is 0 Å². The number of likely N-dealkylation sites (tertiary alicyclic amines) is 1. The second kappa shape index (κ2) is 6.33. The number of rotatable bonds is 3. The average Bonchev–Trinajstić information content (AvgIpc) is 2.57. The molecule has 2 rings (SSSR count). The molecule has 1 fully saturated rings. The molecule has 0 aliphatic carbocycles. The van der Waals surface area contributed by atoms with Gasteiger partial charge in [-0.25, -0.2) is 4.39 Å². The zero-order chi connectivity index (χ0) is 13.9. The summed E-state index contributed by atoms with van der Waals surface area (Å²) in [7, 11) is 0. The zero-order valence-corrected chi connectivity index (χ0v) is 12.9. The summed E-state index contributed by atoms with van der Waals surface area (Å²) < 4.78 is 14.6. The second-order valence-electron chi connectivity index (χ2n) is 5.33. The van der Waals surface area contributed by atoms with Gasteiger partial charge in [0.2, 0.25) is 0 Å². The number of aliphatic hydroxyl groups is 1. The highest BCUT2D eigenvalue weighted by Gasteiger charge is 2.34. The lowest BCUT2D eigenvalue weighted by atomic mass is 9.86. The van der Waals surface area contributed by atoms with Crippen LogP contribution in [0, 0.1) is 5.82 Å². The number of benzene rings is 1. The van der Waals surface area contributed by atoms with Crippen molar-refractivity contribution in [1.29, 1.82) is 0 Å². The van der Waals surface area contributed by atoms with Gasteiger partial charge in [-0.3, -0.25) is 0 Å². The largest absolute Gasteiger partial charge is 0.385 e. The summed E-state index contributed by atoms with van der Waals surface area (Å²) in [5.41, 5.74) is -0.601. The van der Waals surface area contributed by atoms with E-state index in [2.05, 4.69) is 27.8 Å². The van der Waals surface area contributed by atoms with Gasteiger partial charge in [-0.05, 0) is 60.8 Å². The molecular formula is C15H21BrFNO. The molecule has 1 unspecified atom stereocenters. The van der Waals surface area contributed by atoms with Crippen LogP contribution < -0.4 is 0 Å². The quantitative estimate of drug-likeness (QED) is 0.914. The zero-order valence-electron chi connectivity index (χ0n) is 11.3. The predicted molar refractivity (Wildman–Crippen MR) is 78.6 cm³/mol. The lowest BCUT2D eigenvalue weighted by molar-refractivity contribution is 0.0177. The molecule has 1 N–H and O–H groups in total. The molecule has 1 aromatic rings. The molecule has 1 heterocycles. The van der Waals surface area contributed by atoms with E-state index in [4.69, 9.17) is 0 Å². The highest BCUT2D eigenvalue weighted by molar-refractivity contribution is 9.10. The van der Waals surface area contributed by atoms with Crippen LogP contribution in [0.2, 0.25) is 0 Å². The molecule has 0 radical (unpaired) electrons. The molecule has 4 heteroatoms. The normalized spacial score (nSPS) is 25.3. The molecule has 106 valence electrons. The van der Waals surface area contributed by atoms with Gasteiger partial charge in [0, 0.05) is 12.1 Å². The van der Waals surface area contributed by atoms with Crippen LogP contribution in [0.3, 0.4) is 0 Å². The summed E-state index contributed by atoms with van der Waals surface area (Å²) in [6.45, 7) is 5.03. The van der Waals surface area contributed by atoms with E-state index in [-0.39, 0.29) is 5.82 Å². The molecule has 1 atom stereocenters. The highest BCUT2D eigenvalue weighted by Crippen LogP contribution is 2.36. The van der Waals surface area contributed by atoms with Crippen molar-refractivity contribution >= 4 is 15.9 Å². The standard InChI is InChI=1S/C15H21BrFNO/c1-2-9-18-10-4-7-15(19,8-11-18)12-5-3-6-13(16)14(12)17/h3,5-6,19H,2,4,7-11H2,1H3. The maximum atomic E-state index is 14.2. The number of hydrogen-bond acceptors (Lipinski definition) is 2. The Morgan fingerprint density at radius 1 is 1.37 bits per heavy atom. The number of halogens is 2. The van der Waals surface area contributed by atoms with Crippen molar-refractivity contribution in [2.45, 2.75) is 38.2 Å². The molecule has 1 aliphatic rings. The first-order valence-electron chi connectivity index (χ1n) is 6.96. The van der Waals surface area contributed by atoms with Crippen LogP contribution >= 0.6 is 15.9 Å². The molecule has 1 saturated heterocycles. The second-order valence-corrected chi connectivity index (χ2v) is 6.18. The van der Waals surface area contributed by atoms with Crippen LogP contribution in [0.5, 0.6) is 0 Å². The van der Waals surface area contributed by atoms with Crippen molar-refractivity contribution in [2.24, 2.45) is 0 Å². The first-order chi connectivity index (χ1) is 9.07. The van der Waals surface area contributed by atoms with E-state index in [0.29, 0.717) is 22.9 Å². The van der Waals surface area contributed by atoms with Gasteiger partial charge in [-0.1, -0.05) is 19.1 Å². The van der Waals surface area contributed by atoms with E-state index in [1.165, 1.54) is 0 Å². The van der Waals surface area contributed by atoms with Gasteiger partial charge in [0.15, 0.2) is 0 Å². The predicted octanol–water partition coefficient (Wildman–Crippen LogP) is 3.67. The smallest absolute Gasteiger partial charge is 0.143 e. The van der Waals surface area contributed by atoms with E-state index >= 15 is 0 Å². The van der Waals surface area contributed by atoms with E-state index in [1.807, 2.05) is 0 Å². The van der Waals surface area contributed by atoms with Crippen LogP contribution in [0.15, 0.2) is 22.7 Å². The van der Waals surface area contributed by atoms with Crippen LogP contribution in [-0.4, -0.2) is 29.6 Å². The fourth-order valence-electron chi connectivity index (χ4n) is 2.85. The van der Waals surface area contributed by atoms with Gasteiger partial charge in [0.1, 0.15) is 5.82 Å². The van der Waals surface area contributed by atoms with Crippen molar-refractivity contribution in [3.05, 3.63) is 34.1 Å². The molecule has 0 amide bonds. The lowest BCUT2D eigenvalue weighted by Crippen LogP contribution is -2.30. The topological polar surface area (TPSA) is 23.5 Å². The van der Waals surface area contributed by atoms with Gasteiger partial charge in [0.05, 0.1) is 10.1 Å². The highest BCUT2D eigenvalue weighted by atomic mass is 79.9. The van der Waals surface area contributed by atoms with Crippen molar-refractivity contribution in [1.82, 2.24) is 4.90 Å². The Morgan fingerprint density at radius 2 is 2.16 bits per heavy atom. The summed E-state index contributed by atoms with van der Waals surface area (Å²) in [4.78, 5) is 2.36. The summed E-state index contributed by atoms with van der Waals surface area (Å²) in [5.74, 6) is -0.325. The third-order valence-electron chi connectivity index (χ3n) is 3.90. The molecule has 0 saturated carbocycles. The maximum absolute atomic E-state index is 14.2. The Morgan fingerprint density at radius 3 is 2.89 bits per heavy atom. The summed E-state index contributed by atoms with van der Waals surface area (Å²) in [6.07, 6.45) is 3.24. The molecular weight excluding hydrogens is 309 g/mol. The maximum Gasteiger partial charge on any atom is 0.143 e. The van der Waals surface area contributed by atoms with E-state index < -0.39 is 5.60 Å². The fraction of sp³-hybridized carbons (Fsp3) is 0.600. The molecule has 0 aromatic heterocycles.